The Morgan fingerprint density at radius 3 is 2.30 bits per heavy atom. The van der Waals surface area contributed by atoms with Crippen LogP contribution in [-0.2, 0) is 4.74 Å². The van der Waals surface area contributed by atoms with Crippen molar-refractivity contribution < 1.29 is 4.74 Å². The van der Waals surface area contributed by atoms with Crippen molar-refractivity contribution in [3.05, 3.63) is 0 Å². The number of nitrogens with one attached hydrogen (secondary N) is 2. The van der Waals surface area contributed by atoms with Crippen LogP contribution in [0.4, 0.5) is 0 Å². The van der Waals surface area contributed by atoms with Crippen molar-refractivity contribution in [2.45, 2.75) is 52.0 Å². The van der Waals surface area contributed by atoms with Crippen LogP contribution in [0, 0.1) is 5.92 Å². The van der Waals surface area contributed by atoms with Crippen molar-refractivity contribution in [3.8, 4) is 0 Å². The van der Waals surface area contributed by atoms with Gasteiger partial charge in [-0.05, 0) is 38.3 Å². The molecular weight excluding hydrogens is 403 g/mol. The number of rotatable bonds is 8. The quantitative estimate of drug-likeness (QED) is 0.264. The zero-order chi connectivity index (χ0) is 16.2. The maximum atomic E-state index is 5.07. The zero-order valence-electron chi connectivity index (χ0n) is 15.4. The SMILES string of the molecule is CN=C(NCCCOC)NCC(C(C)C)N1CCCCCC1.I. The molecule has 1 fully saturated rings. The third-order valence-electron chi connectivity index (χ3n) is 4.40. The summed E-state index contributed by atoms with van der Waals surface area (Å²) < 4.78 is 5.07. The predicted octanol–water partition coefficient (Wildman–Crippen LogP) is 2.71. The van der Waals surface area contributed by atoms with E-state index in [0.29, 0.717) is 12.0 Å². The lowest BCUT2D eigenvalue weighted by Gasteiger charge is -2.34. The van der Waals surface area contributed by atoms with Gasteiger partial charge in [0.1, 0.15) is 0 Å². The highest BCUT2D eigenvalue weighted by Gasteiger charge is 2.22. The largest absolute Gasteiger partial charge is 0.385 e. The molecule has 1 atom stereocenters. The number of methoxy groups -OCH3 is 1. The van der Waals surface area contributed by atoms with Crippen molar-refractivity contribution in [3.63, 3.8) is 0 Å². The first-order chi connectivity index (χ1) is 10.7. The Bertz CT molecular complexity index is 305. The van der Waals surface area contributed by atoms with E-state index in [2.05, 4.69) is 34.4 Å². The van der Waals surface area contributed by atoms with Gasteiger partial charge in [-0.15, -0.1) is 24.0 Å². The molecule has 0 aliphatic carbocycles. The van der Waals surface area contributed by atoms with Gasteiger partial charge >= 0.3 is 0 Å². The molecule has 0 saturated carbocycles. The van der Waals surface area contributed by atoms with E-state index in [9.17, 15) is 0 Å². The number of likely N-dealkylation sites (tertiary alicyclic amines) is 1. The first-order valence-corrected chi connectivity index (χ1v) is 8.86. The first-order valence-electron chi connectivity index (χ1n) is 8.86. The summed E-state index contributed by atoms with van der Waals surface area (Å²) in [4.78, 5) is 6.99. The van der Waals surface area contributed by atoms with E-state index in [0.717, 1.165) is 32.1 Å². The lowest BCUT2D eigenvalue weighted by Crippen LogP contribution is -2.49. The lowest BCUT2D eigenvalue weighted by atomic mass is 10.0. The molecule has 1 heterocycles. The smallest absolute Gasteiger partial charge is 0.191 e. The van der Waals surface area contributed by atoms with Gasteiger partial charge in [0.2, 0.25) is 0 Å². The second-order valence-corrected chi connectivity index (χ2v) is 6.49. The van der Waals surface area contributed by atoms with E-state index in [4.69, 9.17) is 4.74 Å². The fraction of sp³-hybridized carbons (Fsp3) is 0.941. The summed E-state index contributed by atoms with van der Waals surface area (Å²) in [5.74, 6) is 1.55. The van der Waals surface area contributed by atoms with Crippen LogP contribution in [0.1, 0.15) is 46.0 Å². The molecule has 138 valence electrons. The Balaban J connectivity index is 0.00000484. The molecular formula is C17H37IN4O. The molecule has 0 radical (unpaired) electrons. The minimum atomic E-state index is 0. The van der Waals surface area contributed by atoms with E-state index in [-0.39, 0.29) is 24.0 Å². The van der Waals surface area contributed by atoms with Crippen LogP contribution in [0.2, 0.25) is 0 Å². The molecule has 1 aliphatic heterocycles. The van der Waals surface area contributed by atoms with Crippen molar-refractivity contribution in [1.82, 2.24) is 15.5 Å². The molecule has 23 heavy (non-hydrogen) atoms. The number of guanidine groups is 1. The third kappa shape index (κ3) is 9.72. The summed E-state index contributed by atoms with van der Waals surface area (Å²) in [6.45, 7) is 9.77. The van der Waals surface area contributed by atoms with Crippen molar-refractivity contribution >= 4 is 29.9 Å². The van der Waals surface area contributed by atoms with Gasteiger partial charge in [-0.25, -0.2) is 0 Å². The molecule has 6 heteroatoms. The molecule has 1 rings (SSSR count). The van der Waals surface area contributed by atoms with Crippen LogP contribution in [0.3, 0.4) is 0 Å². The molecule has 0 amide bonds. The second kappa shape index (κ2) is 14.3. The Morgan fingerprint density at radius 1 is 1.13 bits per heavy atom. The van der Waals surface area contributed by atoms with E-state index in [1.54, 1.807) is 7.11 Å². The second-order valence-electron chi connectivity index (χ2n) is 6.49. The molecule has 0 spiro atoms. The fourth-order valence-electron chi connectivity index (χ4n) is 3.06. The molecule has 5 nitrogen and oxygen atoms in total. The Kier molecular flexibility index (Phi) is 14.2. The summed E-state index contributed by atoms with van der Waals surface area (Å²) in [7, 11) is 3.57. The van der Waals surface area contributed by atoms with Crippen molar-refractivity contribution in [2.75, 3.05) is 46.9 Å². The van der Waals surface area contributed by atoms with Crippen LogP contribution in [0.5, 0.6) is 0 Å². The summed E-state index contributed by atoms with van der Waals surface area (Å²) in [5, 5.41) is 6.86. The van der Waals surface area contributed by atoms with E-state index in [1.165, 1.54) is 38.8 Å². The minimum Gasteiger partial charge on any atom is -0.385 e. The van der Waals surface area contributed by atoms with E-state index < -0.39 is 0 Å². The summed E-state index contributed by atoms with van der Waals surface area (Å²) in [6, 6.07) is 0.579. The topological polar surface area (TPSA) is 48.9 Å². The average molecular weight is 440 g/mol. The van der Waals surface area contributed by atoms with Crippen molar-refractivity contribution in [2.24, 2.45) is 10.9 Å². The summed E-state index contributed by atoms with van der Waals surface area (Å²) in [5.41, 5.74) is 0. The Labute approximate surface area is 160 Å². The van der Waals surface area contributed by atoms with Gasteiger partial charge in [0.05, 0.1) is 0 Å². The number of hydrogen-bond donors (Lipinski definition) is 2. The van der Waals surface area contributed by atoms with Gasteiger partial charge in [-0.1, -0.05) is 26.7 Å². The van der Waals surface area contributed by atoms with Gasteiger partial charge in [-0.3, -0.25) is 9.89 Å². The first kappa shape index (κ1) is 22.9. The number of ether oxygens (including phenoxy) is 1. The molecule has 2 N–H and O–H groups in total. The van der Waals surface area contributed by atoms with Crippen molar-refractivity contribution in [1.29, 1.82) is 0 Å². The highest BCUT2D eigenvalue weighted by atomic mass is 127. The normalized spacial score (nSPS) is 18.2. The number of hydrogen-bond acceptors (Lipinski definition) is 3. The van der Waals surface area contributed by atoms with Crippen LogP contribution in [-0.4, -0.2) is 63.8 Å². The molecule has 1 unspecified atom stereocenters. The average Bonchev–Trinajstić information content (AvgIpc) is 2.78. The standard InChI is InChI=1S/C17H36N4O.HI/c1-15(2)16(21-11-7-5-6-8-12-21)14-20-17(18-3)19-10-9-13-22-4;/h15-16H,5-14H2,1-4H3,(H2,18,19,20);1H. The molecule has 0 aromatic rings. The van der Waals surface area contributed by atoms with Gasteiger partial charge in [0, 0.05) is 39.9 Å². The van der Waals surface area contributed by atoms with E-state index >= 15 is 0 Å². The highest BCUT2D eigenvalue weighted by Crippen LogP contribution is 2.16. The molecule has 0 aromatic heterocycles. The van der Waals surface area contributed by atoms with Crippen LogP contribution in [0.25, 0.3) is 0 Å². The molecule has 0 bridgehead atoms. The van der Waals surface area contributed by atoms with Gasteiger partial charge in [0.15, 0.2) is 5.96 Å². The molecule has 1 saturated heterocycles. The summed E-state index contributed by atoms with van der Waals surface area (Å²) in [6.07, 6.45) is 6.45. The molecule has 0 aromatic carbocycles. The van der Waals surface area contributed by atoms with Crippen LogP contribution in [0.15, 0.2) is 4.99 Å². The Hall–Kier alpha value is -0.0800. The monoisotopic (exact) mass is 440 g/mol. The zero-order valence-corrected chi connectivity index (χ0v) is 17.8. The lowest BCUT2D eigenvalue weighted by molar-refractivity contribution is 0.161. The number of halogens is 1. The van der Waals surface area contributed by atoms with Gasteiger partial charge in [-0.2, -0.15) is 0 Å². The maximum absolute atomic E-state index is 5.07. The highest BCUT2D eigenvalue weighted by molar-refractivity contribution is 14.0. The minimum absolute atomic E-state index is 0. The number of aliphatic imine (C=N–C) groups is 1. The van der Waals surface area contributed by atoms with Crippen LogP contribution < -0.4 is 10.6 Å². The van der Waals surface area contributed by atoms with Gasteiger partial charge < -0.3 is 15.4 Å². The fourth-order valence-corrected chi connectivity index (χ4v) is 3.06. The summed E-state index contributed by atoms with van der Waals surface area (Å²) >= 11 is 0. The van der Waals surface area contributed by atoms with Gasteiger partial charge in [0.25, 0.3) is 0 Å². The number of nitrogens with zero attached hydrogens (tertiary/aromatic N) is 2. The third-order valence-corrected chi connectivity index (χ3v) is 4.40. The van der Waals surface area contributed by atoms with Crippen LogP contribution >= 0.6 is 24.0 Å². The molecule has 1 aliphatic rings. The van der Waals surface area contributed by atoms with E-state index in [1.807, 2.05) is 7.05 Å². The maximum Gasteiger partial charge on any atom is 0.191 e. The predicted molar refractivity (Wildman–Crippen MR) is 110 cm³/mol. The Morgan fingerprint density at radius 2 is 1.78 bits per heavy atom.